The first-order valence-corrected chi connectivity index (χ1v) is 6.80. The highest BCUT2D eigenvalue weighted by Gasteiger charge is 2.11. The maximum atomic E-state index is 5.64. The first-order valence-electron chi connectivity index (χ1n) is 5.92. The van der Waals surface area contributed by atoms with Crippen LogP contribution in [0.5, 0.6) is 0 Å². The largest absolute Gasteiger partial charge is 0.325 e. The van der Waals surface area contributed by atoms with E-state index < -0.39 is 0 Å². The van der Waals surface area contributed by atoms with Crippen molar-refractivity contribution >= 4 is 16.3 Å². The zero-order valence-electron chi connectivity index (χ0n) is 10.5. The topological polar surface area (TPSA) is 43.3 Å². The summed E-state index contributed by atoms with van der Waals surface area (Å²) in [6, 6.07) is 6.52. The van der Waals surface area contributed by atoms with Gasteiger partial charge in [-0.25, -0.2) is 4.98 Å². The van der Waals surface area contributed by atoms with Crippen LogP contribution in [0.15, 0.2) is 29.8 Å². The summed E-state index contributed by atoms with van der Waals surface area (Å²) in [7, 11) is 0. The molecule has 1 aromatic carbocycles. The maximum absolute atomic E-state index is 5.64. The Kier molecular flexibility index (Phi) is 2.69. The van der Waals surface area contributed by atoms with E-state index in [2.05, 4.69) is 46.8 Å². The van der Waals surface area contributed by atoms with Gasteiger partial charge in [-0.3, -0.25) is 4.40 Å². The van der Waals surface area contributed by atoms with Crippen molar-refractivity contribution in [1.29, 1.82) is 0 Å². The van der Waals surface area contributed by atoms with Crippen LogP contribution < -0.4 is 5.73 Å². The van der Waals surface area contributed by atoms with Crippen molar-refractivity contribution in [2.24, 2.45) is 5.73 Å². The van der Waals surface area contributed by atoms with Gasteiger partial charge in [0.2, 0.25) is 0 Å². The van der Waals surface area contributed by atoms with Crippen molar-refractivity contribution in [3.8, 4) is 11.3 Å². The Balaban J connectivity index is 2.24. The van der Waals surface area contributed by atoms with Gasteiger partial charge in [0.05, 0.1) is 11.4 Å². The number of fused-ring (bicyclic) bond motifs is 1. The second kappa shape index (κ2) is 4.23. The van der Waals surface area contributed by atoms with E-state index in [9.17, 15) is 0 Å². The Hall–Kier alpha value is -1.65. The molecular weight excluding hydrogens is 242 g/mol. The number of aromatic nitrogens is 2. The zero-order chi connectivity index (χ0) is 12.7. The molecule has 0 aliphatic carbocycles. The highest BCUT2D eigenvalue weighted by molar-refractivity contribution is 7.15. The summed E-state index contributed by atoms with van der Waals surface area (Å²) in [6.45, 7) is 4.74. The lowest BCUT2D eigenvalue weighted by Gasteiger charge is -2.05. The summed E-state index contributed by atoms with van der Waals surface area (Å²) in [6.07, 6.45) is 2.03. The van der Waals surface area contributed by atoms with Gasteiger partial charge in [0.25, 0.3) is 0 Å². The van der Waals surface area contributed by atoms with E-state index in [1.165, 1.54) is 22.4 Å². The van der Waals surface area contributed by atoms with Gasteiger partial charge in [-0.05, 0) is 25.5 Å². The minimum absolute atomic E-state index is 0.487. The van der Waals surface area contributed by atoms with Gasteiger partial charge in [-0.2, -0.15) is 0 Å². The van der Waals surface area contributed by atoms with Crippen LogP contribution in [0.1, 0.15) is 16.8 Å². The lowest BCUT2D eigenvalue weighted by molar-refractivity contribution is 1.02. The first kappa shape index (κ1) is 11.4. The number of benzene rings is 1. The summed E-state index contributed by atoms with van der Waals surface area (Å²) in [4.78, 5) is 5.49. The van der Waals surface area contributed by atoms with Gasteiger partial charge in [0.15, 0.2) is 4.96 Å². The van der Waals surface area contributed by atoms with E-state index in [1.54, 1.807) is 11.3 Å². The fourth-order valence-corrected chi connectivity index (χ4v) is 3.03. The normalized spacial score (nSPS) is 11.3. The average molecular weight is 257 g/mol. The summed E-state index contributed by atoms with van der Waals surface area (Å²) < 4.78 is 2.13. The maximum Gasteiger partial charge on any atom is 0.194 e. The molecule has 0 saturated carbocycles. The summed E-state index contributed by atoms with van der Waals surface area (Å²) >= 11 is 1.66. The van der Waals surface area contributed by atoms with Gasteiger partial charge in [-0.1, -0.05) is 17.7 Å². The van der Waals surface area contributed by atoms with Gasteiger partial charge in [-0.15, -0.1) is 11.3 Å². The van der Waals surface area contributed by atoms with Gasteiger partial charge in [0, 0.05) is 23.7 Å². The molecule has 3 nitrogen and oxygen atoms in total. The molecule has 2 N–H and O–H groups in total. The van der Waals surface area contributed by atoms with Crippen LogP contribution in [0.4, 0.5) is 0 Å². The van der Waals surface area contributed by atoms with Crippen LogP contribution in [-0.2, 0) is 6.54 Å². The summed E-state index contributed by atoms with van der Waals surface area (Å²) in [5, 5.41) is 2.16. The Bertz CT molecular complexity index is 709. The number of nitrogens with zero attached hydrogens (tertiary/aromatic N) is 2. The van der Waals surface area contributed by atoms with Crippen LogP contribution >= 0.6 is 11.3 Å². The molecule has 3 aromatic rings. The van der Waals surface area contributed by atoms with Crippen LogP contribution in [0, 0.1) is 13.8 Å². The van der Waals surface area contributed by atoms with Crippen molar-refractivity contribution in [2.45, 2.75) is 20.4 Å². The van der Waals surface area contributed by atoms with E-state index in [-0.39, 0.29) is 0 Å². The SMILES string of the molecule is Cc1ccc(C)c(-c2csc3nc(CN)cn23)c1. The van der Waals surface area contributed by atoms with Crippen LogP contribution in [0.2, 0.25) is 0 Å². The highest BCUT2D eigenvalue weighted by atomic mass is 32.1. The van der Waals surface area contributed by atoms with Crippen molar-refractivity contribution in [3.63, 3.8) is 0 Å². The van der Waals surface area contributed by atoms with Crippen molar-refractivity contribution < 1.29 is 0 Å². The van der Waals surface area contributed by atoms with E-state index in [0.717, 1.165) is 10.7 Å². The number of aryl methyl sites for hydroxylation is 2. The molecule has 0 bridgehead atoms. The minimum Gasteiger partial charge on any atom is -0.325 e. The molecular formula is C14H15N3S. The average Bonchev–Trinajstić information content (AvgIpc) is 2.91. The molecule has 0 fully saturated rings. The van der Waals surface area contributed by atoms with E-state index >= 15 is 0 Å². The number of thiazole rings is 1. The van der Waals surface area contributed by atoms with Crippen molar-refractivity contribution in [2.75, 3.05) is 0 Å². The quantitative estimate of drug-likeness (QED) is 0.766. The minimum atomic E-state index is 0.487. The molecule has 4 heteroatoms. The second-order valence-electron chi connectivity index (χ2n) is 4.53. The van der Waals surface area contributed by atoms with E-state index in [0.29, 0.717) is 6.54 Å². The molecule has 3 rings (SSSR count). The molecule has 0 aliphatic rings. The second-order valence-corrected chi connectivity index (χ2v) is 5.36. The predicted octanol–water partition coefficient (Wildman–Crippen LogP) is 3.14. The van der Waals surface area contributed by atoms with E-state index in [4.69, 9.17) is 5.73 Å². The molecule has 18 heavy (non-hydrogen) atoms. The summed E-state index contributed by atoms with van der Waals surface area (Å²) in [5.74, 6) is 0. The lowest BCUT2D eigenvalue weighted by Crippen LogP contribution is -1.95. The number of nitrogens with two attached hydrogens (primary N) is 1. The lowest BCUT2D eigenvalue weighted by atomic mass is 10.0. The van der Waals surface area contributed by atoms with Crippen molar-refractivity contribution in [1.82, 2.24) is 9.38 Å². The Morgan fingerprint density at radius 1 is 1.33 bits per heavy atom. The molecule has 92 valence electrons. The van der Waals surface area contributed by atoms with Crippen molar-refractivity contribution in [3.05, 3.63) is 46.6 Å². The van der Waals surface area contributed by atoms with E-state index in [1.807, 2.05) is 6.20 Å². The standard InChI is InChI=1S/C14H15N3S/c1-9-3-4-10(2)12(5-9)13-8-18-14-16-11(6-15)7-17(13)14/h3-5,7-8H,6,15H2,1-2H3. The first-order chi connectivity index (χ1) is 8.69. The molecule has 0 atom stereocenters. The molecule has 0 spiro atoms. The molecule has 2 aromatic heterocycles. The van der Waals surface area contributed by atoms with Crippen LogP contribution in [0.3, 0.4) is 0 Å². The van der Waals surface area contributed by atoms with Crippen LogP contribution in [-0.4, -0.2) is 9.38 Å². The Morgan fingerprint density at radius 2 is 2.17 bits per heavy atom. The Morgan fingerprint density at radius 3 is 2.94 bits per heavy atom. The fraction of sp³-hybridized carbons (Fsp3) is 0.214. The number of hydrogen-bond acceptors (Lipinski definition) is 3. The summed E-state index contributed by atoms with van der Waals surface area (Å²) in [5.41, 5.74) is 11.6. The molecule has 0 unspecified atom stereocenters. The third-order valence-electron chi connectivity index (χ3n) is 3.14. The smallest absolute Gasteiger partial charge is 0.194 e. The molecule has 0 aliphatic heterocycles. The fourth-order valence-electron chi connectivity index (χ4n) is 2.13. The Labute approximate surface area is 110 Å². The van der Waals surface area contributed by atoms with Crippen LogP contribution in [0.25, 0.3) is 16.2 Å². The molecule has 0 saturated heterocycles. The molecule has 0 amide bonds. The third-order valence-corrected chi connectivity index (χ3v) is 3.98. The predicted molar refractivity (Wildman–Crippen MR) is 75.9 cm³/mol. The molecule has 0 radical (unpaired) electrons. The monoisotopic (exact) mass is 257 g/mol. The number of imidazole rings is 1. The highest BCUT2D eigenvalue weighted by Crippen LogP contribution is 2.29. The number of hydrogen-bond donors (Lipinski definition) is 1. The third kappa shape index (κ3) is 1.74. The molecule has 2 heterocycles. The zero-order valence-corrected chi connectivity index (χ0v) is 11.3. The van der Waals surface area contributed by atoms with Gasteiger partial charge < -0.3 is 5.73 Å². The van der Waals surface area contributed by atoms with Gasteiger partial charge >= 0.3 is 0 Å². The number of rotatable bonds is 2. The van der Waals surface area contributed by atoms with Gasteiger partial charge in [0.1, 0.15) is 0 Å².